The second kappa shape index (κ2) is 5.97. The van der Waals surface area contributed by atoms with Crippen LogP contribution in [0.15, 0.2) is 48.5 Å². The van der Waals surface area contributed by atoms with Crippen LogP contribution in [0.3, 0.4) is 0 Å². The van der Waals surface area contributed by atoms with Gasteiger partial charge in [0.15, 0.2) is 0 Å². The molecule has 2 amide bonds. The first kappa shape index (κ1) is 13.7. The number of carbonyl (C=O) groups is 1. The van der Waals surface area contributed by atoms with Crippen LogP contribution in [0.1, 0.15) is 0 Å². The Balaban J connectivity index is 2.13. The number of nitrogens with zero attached hydrogens (tertiary/aromatic N) is 1. The second-order valence-electron chi connectivity index (χ2n) is 4.28. The van der Waals surface area contributed by atoms with E-state index in [1.807, 2.05) is 24.3 Å². The summed E-state index contributed by atoms with van der Waals surface area (Å²) in [6.07, 6.45) is 0. The maximum Gasteiger partial charge on any atom is 0.326 e. The van der Waals surface area contributed by atoms with Crippen LogP contribution in [0.2, 0.25) is 0 Å². The van der Waals surface area contributed by atoms with Crippen LogP contribution in [0.4, 0.5) is 21.9 Å². The van der Waals surface area contributed by atoms with Gasteiger partial charge in [-0.1, -0.05) is 18.2 Å². The van der Waals surface area contributed by atoms with Crippen molar-refractivity contribution in [3.8, 4) is 5.75 Å². The van der Waals surface area contributed by atoms with Gasteiger partial charge in [-0.25, -0.2) is 4.79 Å². The zero-order valence-electron chi connectivity index (χ0n) is 11.5. The average molecular weight is 271 g/mol. The fourth-order valence-corrected chi connectivity index (χ4v) is 1.81. The van der Waals surface area contributed by atoms with Gasteiger partial charge in [0.1, 0.15) is 5.75 Å². The molecule has 0 atom stereocenters. The van der Waals surface area contributed by atoms with Gasteiger partial charge in [-0.15, -0.1) is 0 Å². The third-order valence-electron chi connectivity index (χ3n) is 2.92. The molecule has 2 aromatic rings. The highest BCUT2D eigenvalue weighted by Gasteiger charge is 2.13. The van der Waals surface area contributed by atoms with E-state index in [4.69, 9.17) is 10.5 Å². The first-order chi connectivity index (χ1) is 9.61. The normalized spacial score (nSPS) is 9.90. The molecule has 0 spiro atoms. The van der Waals surface area contributed by atoms with E-state index in [1.54, 1.807) is 38.4 Å². The Morgan fingerprint density at radius 2 is 1.95 bits per heavy atom. The molecule has 5 heteroatoms. The van der Waals surface area contributed by atoms with Gasteiger partial charge in [0.25, 0.3) is 0 Å². The number of nitrogens with two attached hydrogens (primary N) is 1. The van der Waals surface area contributed by atoms with Crippen molar-refractivity contribution in [2.24, 2.45) is 0 Å². The zero-order valence-corrected chi connectivity index (χ0v) is 11.5. The number of amides is 2. The Kier molecular flexibility index (Phi) is 4.10. The van der Waals surface area contributed by atoms with Gasteiger partial charge in [0.2, 0.25) is 0 Å². The van der Waals surface area contributed by atoms with Crippen molar-refractivity contribution in [3.63, 3.8) is 0 Å². The summed E-state index contributed by atoms with van der Waals surface area (Å²) in [6, 6.07) is 14.1. The van der Waals surface area contributed by atoms with Gasteiger partial charge in [0.05, 0.1) is 18.5 Å². The highest BCUT2D eigenvalue weighted by molar-refractivity contribution is 6.03. The second-order valence-corrected chi connectivity index (χ2v) is 4.28. The molecule has 0 saturated heterocycles. The van der Waals surface area contributed by atoms with Crippen LogP contribution in [-0.4, -0.2) is 20.2 Å². The molecule has 0 radical (unpaired) electrons. The Labute approximate surface area is 118 Å². The van der Waals surface area contributed by atoms with Crippen molar-refractivity contribution < 1.29 is 9.53 Å². The first-order valence-corrected chi connectivity index (χ1v) is 6.15. The van der Waals surface area contributed by atoms with Crippen molar-refractivity contribution in [1.29, 1.82) is 0 Å². The monoisotopic (exact) mass is 271 g/mol. The Bertz CT molecular complexity index is 614. The van der Waals surface area contributed by atoms with E-state index < -0.39 is 0 Å². The third-order valence-corrected chi connectivity index (χ3v) is 2.92. The summed E-state index contributed by atoms with van der Waals surface area (Å²) in [5.74, 6) is 0.685. The smallest absolute Gasteiger partial charge is 0.326 e. The Morgan fingerprint density at radius 1 is 1.20 bits per heavy atom. The highest BCUT2D eigenvalue weighted by Crippen LogP contribution is 2.22. The quantitative estimate of drug-likeness (QED) is 0.843. The van der Waals surface area contributed by atoms with Crippen LogP contribution >= 0.6 is 0 Å². The van der Waals surface area contributed by atoms with E-state index in [2.05, 4.69) is 5.32 Å². The topological polar surface area (TPSA) is 67.6 Å². The number of carbonyl (C=O) groups excluding carboxylic acids is 1. The minimum atomic E-state index is -0.267. The maximum atomic E-state index is 12.2. The predicted molar refractivity (Wildman–Crippen MR) is 81.3 cm³/mol. The minimum absolute atomic E-state index is 0.267. The fourth-order valence-electron chi connectivity index (χ4n) is 1.81. The molecule has 0 heterocycles. The number of anilines is 3. The predicted octanol–water partition coefficient (Wildman–Crippen LogP) is 2.95. The summed E-state index contributed by atoms with van der Waals surface area (Å²) in [4.78, 5) is 13.7. The summed E-state index contributed by atoms with van der Waals surface area (Å²) >= 11 is 0. The Hall–Kier alpha value is -2.69. The minimum Gasteiger partial charge on any atom is -0.497 e. The molecule has 0 aromatic heterocycles. The lowest BCUT2D eigenvalue weighted by Gasteiger charge is -2.19. The van der Waals surface area contributed by atoms with Gasteiger partial charge >= 0.3 is 6.03 Å². The molecule has 0 fully saturated rings. The van der Waals surface area contributed by atoms with Crippen molar-refractivity contribution in [2.75, 3.05) is 30.1 Å². The van der Waals surface area contributed by atoms with E-state index in [0.717, 1.165) is 0 Å². The lowest BCUT2D eigenvalue weighted by molar-refractivity contribution is 0.258. The summed E-state index contributed by atoms with van der Waals surface area (Å²) in [5.41, 5.74) is 7.73. The summed E-state index contributed by atoms with van der Waals surface area (Å²) in [5, 5.41) is 2.79. The summed E-state index contributed by atoms with van der Waals surface area (Å²) in [6.45, 7) is 0. The standard InChI is InChI=1S/C15H17N3O2/c1-18(14-9-4-3-8-13(14)16)15(19)17-11-6-5-7-12(10-11)20-2/h3-10H,16H2,1-2H3,(H,17,19). The van der Waals surface area contributed by atoms with Gasteiger partial charge in [-0.2, -0.15) is 0 Å². The molecule has 0 aliphatic rings. The third kappa shape index (κ3) is 3.00. The molecule has 0 bridgehead atoms. The molecule has 0 saturated carbocycles. The molecule has 2 rings (SSSR count). The molecule has 104 valence electrons. The maximum absolute atomic E-state index is 12.2. The molecule has 2 aromatic carbocycles. The van der Waals surface area contributed by atoms with Gasteiger partial charge in [-0.3, -0.25) is 4.90 Å². The SMILES string of the molecule is COc1cccc(NC(=O)N(C)c2ccccc2N)c1. The molecule has 0 aliphatic heterocycles. The van der Waals surface area contributed by atoms with E-state index in [-0.39, 0.29) is 6.03 Å². The summed E-state index contributed by atoms with van der Waals surface area (Å²) < 4.78 is 5.12. The largest absolute Gasteiger partial charge is 0.497 e. The summed E-state index contributed by atoms with van der Waals surface area (Å²) in [7, 11) is 3.25. The number of hydrogen-bond acceptors (Lipinski definition) is 3. The molecule has 0 unspecified atom stereocenters. The number of nitrogen functional groups attached to an aromatic ring is 1. The number of urea groups is 1. The van der Waals surface area contributed by atoms with Crippen LogP contribution in [-0.2, 0) is 0 Å². The van der Waals surface area contributed by atoms with Crippen molar-refractivity contribution in [3.05, 3.63) is 48.5 Å². The van der Waals surface area contributed by atoms with E-state index in [1.165, 1.54) is 4.90 Å². The van der Waals surface area contributed by atoms with E-state index in [0.29, 0.717) is 22.8 Å². The van der Waals surface area contributed by atoms with Crippen LogP contribution in [0.25, 0.3) is 0 Å². The molecular weight excluding hydrogens is 254 g/mol. The van der Waals surface area contributed by atoms with Crippen LogP contribution in [0, 0.1) is 0 Å². The number of hydrogen-bond donors (Lipinski definition) is 2. The number of para-hydroxylation sites is 2. The number of methoxy groups -OCH3 is 1. The molecule has 5 nitrogen and oxygen atoms in total. The number of ether oxygens (including phenoxy) is 1. The molecular formula is C15H17N3O2. The molecule has 20 heavy (non-hydrogen) atoms. The van der Waals surface area contributed by atoms with Gasteiger partial charge < -0.3 is 15.8 Å². The highest BCUT2D eigenvalue weighted by atomic mass is 16.5. The lowest BCUT2D eigenvalue weighted by Crippen LogP contribution is -2.31. The van der Waals surface area contributed by atoms with Crippen molar-refractivity contribution >= 4 is 23.1 Å². The van der Waals surface area contributed by atoms with Crippen molar-refractivity contribution in [1.82, 2.24) is 0 Å². The molecule has 3 N–H and O–H groups in total. The number of benzene rings is 2. The average Bonchev–Trinajstić information content (AvgIpc) is 2.47. The van der Waals surface area contributed by atoms with Crippen LogP contribution in [0.5, 0.6) is 5.75 Å². The van der Waals surface area contributed by atoms with Gasteiger partial charge in [-0.05, 0) is 24.3 Å². The first-order valence-electron chi connectivity index (χ1n) is 6.15. The fraction of sp³-hybridized carbons (Fsp3) is 0.133. The Morgan fingerprint density at radius 3 is 2.65 bits per heavy atom. The number of nitrogens with one attached hydrogen (secondary N) is 1. The number of rotatable bonds is 3. The van der Waals surface area contributed by atoms with Crippen molar-refractivity contribution in [2.45, 2.75) is 0 Å². The van der Waals surface area contributed by atoms with E-state index in [9.17, 15) is 4.79 Å². The van der Waals surface area contributed by atoms with E-state index >= 15 is 0 Å². The van der Waals surface area contributed by atoms with Gasteiger partial charge in [0, 0.05) is 18.8 Å². The molecule has 0 aliphatic carbocycles. The van der Waals surface area contributed by atoms with Crippen LogP contribution < -0.4 is 20.7 Å². The lowest BCUT2D eigenvalue weighted by atomic mass is 10.2. The zero-order chi connectivity index (χ0) is 14.5.